The zero-order valence-electron chi connectivity index (χ0n) is 17.9. The highest BCUT2D eigenvalue weighted by atomic mass is 16.2. The van der Waals surface area contributed by atoms with Gasteiger partial charge in [-0.2, -0.15) is 0 Å². The molecule has 4 nitrogen and oxygen atoms in total. The van der Waals surface area contributed by atoms with Crippen molar-refractivity contribution in [1.29, 1.82) is 0 Å². The SMILES string of the molecule is O=C1CCCCC(Cc2ccccc2)N1.O=C1CCCCCN1Cc1ccccc1. The summed E-state index contributed by atoms with van der Waals surface area (Å²) in [5.74, 6) is 0.532. The minimum Gasteiger partial charge on any atom is -0.353 e. The summed E-state index contributed by atoms with van der Waals surface area (Å²) in [5.41, 5.74) is 2.54. The van der Waals surface area contributed by atoms with Gasteiger partial charge in [-0.25, -0.2) is 0 Å². The molecule has 2 aromatic carbocycles. The molecule has 2 fully saturated rings. The van der Waals surface area contributed by atoms with Gasteiger partial charge in [-0.1, -0.05) is 73.5 Å². The fraction of sp³-hybridized carbons (Fsp3) is 0.462. The van der Waals surface area contributed by atoms with E-state index in [1.54, 1.807) is 0 Å². The third-order valence-electron chi connectivity index (χ3n) is 5.78. The first-order chi connectivity index (χ1) is 14.7. The van der Waals surface area contributed by atoms with Crippen LogP contribution in [0, 0.1) is 0 Å². The van der Waals surface area contributed by atoms with Crippen molar-refractivity contribution in [2.45, 2.75) is 70.4 Å². The maximum absolute atomic E-state index is 11.7. The third-order valence-corrected chi connectivity index (χ3v) is 5.78. The molecular formula is C26H34N2O2. The third kappa shape index (κ3) is 7.66. The molecule has 4 heteroatoms. The van der Waals surface area contributed by atoms with E-state index in [0.29, 0.717) is 18.4 Å². The minimum atomic E-state index is 0.216. The lowest BCUT2D eigenvalue weighted by Crippen LogP contribution is -2.34. The molecule has 30 heavy (non-hydrogen) atoms. The maximum atomic E-state index is 11.7. The molecule has 2 amide bonds. The Morgan fingerprint density at radius 3 is 2.17 bits per heavy atom. The van der Waals surface area contributed by atoms with Gasteiger partial charge in [-0.05, 0) is 43.2 Å². The summed E-state index contributed by atoms with van der Waals surface area (Å²) in [5, 5.41) is 3.09. The van der Waals surface area contributed by atoms with Crippen LogP contribution in [0.15, 0.2) is 60.7 Å². The number of likely N-dealkylation sites (tertiary alicyclic amines) is 1. The van der Waals surface area contributed by atoms with Crippen molar-refractivity contribution in [3.8, 4) is 0 Å². The van der Waals surface area contributed by atoms with Crippen molar-refractivity contribution in [2.75, 3.05) is 6.54 Å². The summed E-state index contributed by atoms with van der Waals surface area (Å²) in [6.45, 7) is 1.70. The molecule has 2 aliphatic heterocycles. The predicted octanol–water partition coefficient (Wildman–Crippen LogP) is 4.88. The highest BCUT2D eigenvalue weighted by molar-refractivity contribution is 5.76. The van der Waals surface area contributed by atoms with Gasteiger partial charge in [0.25, 0.3) is 0 Å². The minimum absolute atomic E-state index is 0.216. The van der Waals surface area contributed by atoms with E-state index >= 15 is 0 Å². The zero-order chi connectivity index (χ0) is 21.0. The van der Waals surface area contributed by atoms with Crippen molar-refractivity contribution in [2.24, 2.45) is 0 Å². The van der Waals surface area contributed by atoms with Crippen LogP contribution < -0.4 is 5.32 Å². The Morgan fingerprint density at radius 2 is 1.43 bits per heavy atom. The Balaban J connectivity index is 0.000000171. The largest absolute Gasteiger partial charge is 0.353 e. The molecule has 0 radical (unpaired) electrons. The number of hydrogen-bond donors (Lipinski definition) is 1. The summed E-state index contributed by atoms with van der Waals surface area (Å²) >= 11 is 0. The summed E-state index contributed by atoms with van der Waals surface area (Å²) < 4.78 is 0. The van der Waals surface area contributed by atoms with Crippen molar-refractivity contribution < 1.29 is 9.59 Å². The predicted molar refractivity (Wildman–Crippen MR) is 121 cm³/mol. The molecule has 0 spiro atoms. The van der Waals surface area contributed by atoms with Gasteiger partial charge in [0, 0.05) is 32.0 Å². The molecule has 0 aromatic heterocycles. The Kier molecular flexibility index (Phi) is 8.95. The van der Waals surface area contributed by atoms with Crippen molar-refractivity contribution in [3.05, 3.63) is 71.8 Å². The summed E-state index contributed by atoms with van der Waals surface area (Å²) in [7, 11) is 0. The Labute approximate surface area is 180 Å². The van der Waals surface area contributed by atoms with Crippen molar-refractivity contribution in [3.63, 3.8) is 0 Å². The molecule has 1 N–H and O–H groups in total. The van der Waals surface area contributed by atoms with E-state index in [1.165, 1.54) is 17.5 Å². The molecule has 2 aliphatic rings. The number of amides is 2. The lowest BCUT2D eigenvalue weighted by molar-refractivity contribution is -0.131. The summed E-state index contributed by atoms with van der Waals surface area (Å²) in [4.78, 5) is 25.1. The second kappa shape index (κ2) is 12.2. The van der Waals surface area contributed by atoms with Gasteiger partial charge >= 0.3 is 0 Å². The van der Waals surface area contributed by atoms with Crippen LogP contribution in [-0.2, 0) is 22.6 Å². The van der Waals surface area contributed by atoms with E-state index in [-0.39, 0.29) is 5.91 Å². The van der Waals surface area contributed by atoms with Crippen LogP contribution in [0.25, 0.3) is 0 Å². The number of carbonyl (C=O) groups is 2. The molecule has 160 valence electrons. The van der Waals surface area contributed by atoms with Gasteiger partial charge in [0.1, 0.15) is 0 Å². The number of nitrogens with one attached hydrogen (secondary N) is 1. The quantitative estimate of drug-likeness (QED) is 0.787. The van der Waals surface area contributed by atoms with Crippen LogP contribution in [0.2, 0.25) is 0 Å². The normalized spacial score (nSPS) is 19.7. The van der Waals surface area contributed by atoms with Crippen LogP contribution >= 0.6 is 0 Å². The second-order valence-corrected chi connectivity index (χ2v) is 8.31. The first-order valence-electron chi connectivity index (χ1n) is 11.4. The summed E-state index contributed by atoms with van der Waals surface area (Å²) in [6.07, 6.45) is 9.11. The molecule has 2 heterocycles. The standard InChI is InChI=1S/2C13H17NO/c15-13-9-5-2-6-10-14(13)11-12-7-3-1-4-8-12;15-13-9-5-4-8-12(14-13)10-11-6-2-1-3-7-11/h1,3-4,7-8H,2,5-6,9-11H2;1-3,6-7,12H,4-5,8-10H2,(H,14,15). The molecular weight excluding hydrogens is 372 g/mol. The Bertz CT molecular complexity index is 776. The number of rotatable bonds is 4. The molecule has 4 rings (SSSR count). The van der Waals surface area contributed by atoms with E-state index < -0.39 is 0 Å². The van der Waals surface area contributed by atoms with Gasteiger partial charge < -0.3 is 10.2 Å². The Hall–Kier alpha value is -2.62. The topological polar surface area (TPSA) is 49.4 Å². The zero-order valence-corrected chi connectivity index (χ0v) is 17.9. The van der Waals surface area contributed by atoms with Gasteiger partial charge in [0.05, 0.1) is 0 Å². The van der Waals surface area contributed by atoms with Gasteiger partial charge in [0.2, 0.25) is 11.8 Å². The lowest BCUT2D eigenvalue weighted by Gasteiger charge is -2.20. The van der Waals surface area contributed by atoms with Gasteiger partial charge in [-0.15, -0.1) is 0 Å². The smallest absolute Gasteiger partial charge is 0.222 e. The first-order valence-corrected chi connectivity index (χ1v) is 11.4. The Morgan fingerprint density at radius 1 is 0.767 bits per heavy atom. The van der Waals surface area contributed by atoms with Gasteiger partial charge in [0.15, 0.2) is 0 Å². The van der Waals surface area contributed by atoms with Crippen molar-refractivity contribution >= 4 is 11.8 Å². The highest BCUT2D eigenvalue weighted by Crippen LogP contribution is 2.15. The van der Waals surface area contributed by atoms with Crippen LogP contribution in [0.4, 0.5) is 0 Å². The van der Waals surface area contributed by atoms with Crippen molar-refractivity contribution in [1.82, 2.24) is 10.2 Å². The average Bonchev–Trinajstić information content (AvgIpc) is 3.10. The number of carbonyl (C=O) groups excluding carboxylic acids is 2. The van der Waals surface area contributed by atoms with Crippen LogP contribution in [0.3, 0.4) is 0 Å². The van der Waals surface area contributed by atoms with Crippen LogP contribution in [0.5, 0.6) is 0 Å². The van der Waals surface area contributed by atoms with Crippen LogP contribution in [0.1, 0.15) is 62.5 Å². The van der Waals surface area contributed by atoms with E-state index in [0.717, 1.165) is 58.0 Å². The molecule has 1 atom stereocenters. The molecule has 0 aliphatic carbocycles. The monoisotopic (exact) mass is 406 g/mol. The fourth-order valence-corrected chi connectivity index (χ4v) is 4.11. The van der Waals surface area contributed by atoms with Gasteiger partial charge in [-0.3, -0.25) is 9.59 Å². The van der Waals surface area contributed by atoms with E-state index in [2.05, 4.69) is 29.6 Å². The molecule has 0 saturated carbocycles. The molecule has 2 aromatic rings. The molecule has 1 unspecified atom stereocenters. The average molecular weight is 407 g/mol. The van der Waals surface area contributed by atoms with E-state index in [1.807, 2.05) is 41.3 Å². The second-order valence-electron chi connectivity index (χ2n) is 8.31. The lowest BCUT2D eigenvalue weighted by atomic mass is 10.0. The molecule has 2 saturated heterocycles. The number of nitrogens with zero attached hydrogens (tertiary/aromatic N) is 1. The number of hydrogen-bond acceptors (Lipinski definition) is 2. The first kappa shape index (κ1) is 22.1. The summed E-state index contributed by atoms with van der Waals surface area (Å²) in [6, 6.07) is 20.9. The van der Waals surface area contributed by atoms with E-state index in [4.69, 9.17) is 0 Å². The fourth-order valence-electron chi connectivity index (χ4n) is 4.11. The maximum Gasteiger partial charge on any atom is 0.222 e. The van der Waals surface area contributed by atoms with Crippen LogP contribution in [-0.4, -0.2) is 29.3 Å². The van der Waals surface area contributed by atoms with E-state index in [9.17, 15) is 9.59 Å². The molecule has 0 bridgehead atoms. The highest BCUT2D eigenvalue weighted by Gasteiger charge is 2.17. The number of benzene rings is 2.